The van der Waals surface area contributed by atoms with Crippen LogP contribution >= 0.6 is 0 Å². The van der Waals surface area contributed by atoms with Gasteiger partial charge in [0.15, 0.2) is 8.07 Å². The fourth-order valence-corrected chi connectivity index (χ4v) is 11.2. The van der Waals surface area contributed by atoms with Gasteiger partial charge in [0, 0.05) is 0 Å². The summed E-state index contributed by atoms with van der Waals surface area (Å²) in [6, 6.07) is 48.0. The van der Waals surface area contributed by atoms with Gasteiger partial charge in [-0.2, -0.15) is 0 Å². The predicted molar refractivity (Wildman–Crippen MR) is 149 cm³/mol. The van der Waals surface area contributed by atoms with E-state index >= 15 is 0 Å². The lowest BCUT2D eigenvalue weighted by Gasteiger charge is -2.31. The Bertz CT molecular complexity index is 1700. The summed E-state index contributed by atoms with van der Waals surface area (Å²) in [6.45, 7) is 2.18. The maximum atomic E-state index is 2.53. The Morgan fingerprint density at radius 2 is 1.12 bits per heavy atom. The summed E-state index contributed by atoms with van der Waals surface area (Å²) in [5.74, 6) is 0. The summed E-state index contributed by atoms with van der Waals surface area (Å²) in [6.07, 6.45) is 0. The average Bonchev–Trinajstić information content (AvgIpc) is 3.19. The van der Waals surface area contributed by atoms with Gasteiger partial charge < -0.3 is 0 Å². The van der Waals surface area contributed by atoms with Crippen LogP contribution in [-0.4, -0.2) is 8.07 Å². The van der Waals surface area contributed by atoms with Crippen molar-refractivity contribution in [2.75, 3.05) is 0 Å². The Balaban J connectivity index is 1.69. The molecule has 0 saturated carbocycles. The van der Waals surface area contributed by atoms with Gasteiger partial charge in [-0.15, -0.1) is 0 Å². The van der Waals surface area contributed by atoms with Crippen molar-refractivity contribution in [3.8, 4) is 11.1 Å². The second kappa shape index (κ2) is 7.28. The van der Waals surface area contributed by atoms with Gasteiger partial charge in [-0.3, -0.25) is 0 Å². The standard InChI is InChI=1S/C33H24Si/c1-23-15-19-27(20-16-23)34(26-10-3-2-4-11-26)32-14-8-7-13-29(32)31-21-25-18-17-24-9-5-6-12-28(24)30(25)22-33(31)34/h2-22H,1H3. The number of rotatable bonds is 2. The zero-order chi connectivity index (χ0) is 22.7. The molecule has 0 nitrogen and oxygen atoms in total. The monoisotopic (exact) mass is 448 g/mol. The molecule has 34 heavy (non-hydrogen) atoms. The van der Waals surface area contributed by atoms with Crippen LogP contribution < -0.4 is 20.7 Å². The zero-order valence-corrected chi connectivity index (χ0v) is 20.1. The van der Waals surface area contributed by atoms with Crippen molar-refractivity contribution in [3.63, 3.8) is 0 Å². The van der Waals surface area contributed by atoms with E-state index in [1.54, 1.807) is 0 Å². The van der Waals surface area contributed by atoms with Crippen LogP contribution in [0.2, 0.25) is 0 Å². The molecule has 6 aromatic rings. The summed E-state index contributed by atoms with van der Waals surface area (Å²) < 4.78 is 0. The molecule has 1 aliphatic rings. The molecule has 6 aromatic carbocycles. The van der Waals surface area contributed by atoms with Crippen molar-refractivity contribution in [2.45, 2.75) is 6.92 Å². The van der Waals surface area contributed by atoms with Crippen LogP contribution in [0.5, 0.6) is 0 Å². The maximum absolute atomic E-state index is 2.53. The second-order valence-corrected chi connectivity index (χ2v) is 13.2. The van der Waals surface area contributed by atoms with E-state index in [2.05, 4.69) is 134 Å². The van der Waals surface area contributed by atoms with Crippen molar-refractivity contribution < 1.29 is 0 Å². The summed E-state index contributed by atoms with van der Waals surface area (Å²) in [4.78, 5) is 0. The quantitative estimate of drug-likeness (QED) is 0.236. The molecular weight excluding hydrogens is 424 g/mol. The highest BCUT2D eigenvalue weighted by Gasteiger charge is 2.48. The molecular formula is C33H24Si. The fourth-order valence-electron chi connectivity index (χ4n) is 6.06. The fraction of sp³-hybridized carbons (Fsp3) is 0.0303. The molecule has 0 aliphatic carbocycles. The predicted octanol–water partition coefficient (Wildman–Crippen LogP) is 5.66. The SMILES string of the molecule is Cc1ccc([Si]2(c3ccccc3)c3ccccc3-c3cc4ccc5ccccc5c4cc32)cc1. The molecule has 0 radical (unpaired) electrons. The molecule has 1 aliphatic heterocycles. The molecule has 0 N–H and O–H groups in total. The van der Waals surface area contributed by atoms with Crippen LogP contribution in [0, 0.1) is 6.92 Å². The average molecular weight is 449 g/mol. The minimum Gasteiger partial charge on any atom is -0.0623 e. The van der Waals surface area contributed by atoms with Crippen molar-refractivity contribution >= 4 is 50.4 Å². The third-order valence-electron chi connectivity index (χ3n) is 7.60. The first kappa shape index (κ1) is 19.5. The largest absolute Gasteiger partial charge is 0.180 e. The Hall–Kier alpha value is -3.94. The Labute approximate surface area is 201 Å². The van der Waals surface area contributed by atoms with Crippen molar-refractivity contribution in [2.24, 2.45) is 0 Å². The minimum absolute atomic E-state index is 1.30. The summed E-state index contributed by atoms with van der Waals surface area (Å²) >= 11 is 0. The van der Waals surface area contributed by atoms with Gasteiger partial charge in [0.1, 0.15) is 0 Å². The van der Waals surface area contributed by atoms with Crippen LogP contribution in [0.4, 0.5) is 0 Å². The Morgan fingerprint density at radius 1 is 0.441 bits per heavy atom. The van der Waals surface area contributed by atoms with E-state index in [0.29, 0.717) is 0 Å². The number of aryl methyl sites for hydroxylation is 1. The molecule has 0 spiro atoms. The van der Waals surface area contributed by atoms with Crippen molar-refractivity contribution in [1.82, 2.24) is 0 Å². The van der Waals surface area contributed by atoms with Gasteiger partial charge in [-0.05, 0) is 66.4 Å². The number of benzene rings is 6. The van der Waals surface area contributed by atoms with Gasteiger partial charge in [0.05, 0.1) is 0 Å². The number of hydrogen-bond acceptors (Lipinski definition) is 0. The normalized spacial score (nSPS) is 16.5. The van der Waals surface area contributed by atoms with Crippen LogP contribution in [0.1, 0.15) is 5.56 Å². The van der Waals surface area contributed by atoms with E-state index in [1.807, 2.05) is 0 Å². The Morgan fingerprint density at radius 3 is 1.97 bits per heavy atom. The lowest BCUT2D eigenvalue weighted by Crippen LogP contribution is -2.72. The summed E-state index contributed by atoms with van der Waals surface area (Å²) in [7, 11) is -2.45. The third kappa shape index (κ3) is 2.59. The first-order valence-corrected chi connectivity index (χ1v) is 14.0. The molecule has 1 heterocycles. The van der Waals surface area contributed by atoms with Gasteiger partial charge in [0.2, 0.25) is 0 Å². The molecule has 160 valence electrons. The van der Waals surface area contributed by atoms with Crippen LogP contribution in [-0.2, 0) is 0 Å². The van der Waals surface area contributed by atoms with Gasteiger partial charge in [-0.25, -0.2) is 0 Å². The van der Waals surface area contributed by atoms with E-state index in [4.69, 9.17) is 0 Å². The van der Waals surface area contributed by atoms with E-state index in [9.17, 15) is 0 Å². The summed E-state index contributed by atoms with van der Waals surface area (Å²) in [5.41, 5.74) is 4.09. The topological polar surface area (TPSA) is 0 Å². The summed E-state index contributed by atoms with van der Waals surface area (Å²) in [5, 5.41) is 11.2. The molecule has 0 bridgehead atoms. The van der Waals surface area contributed by atoms with E-state index in [1.165, 1.54) is 59.0 Å². The zero-order valence-electron chi connectivity index (χ0n) is 19.1. The molecule has 1 unspecified atom stereocenters. The minimum atomic E-state index is -2.45. The van der Waals surface area contributed by atoms with Crippen molar-refractivity contribution in [3.05, 3.63) is 133 Å². The van der Waals surface area contributed by atoms with E-state index in [0.717, 1.165) is 0 Å². The first-order valence-electron chi connectivity index (χ1n) is 12.0. The highest BCUT2D eigenvalue weighted by atomic mass is 28.3. The molecule has 0 amide bonds. The highest BCUT2D eigenvalue weighted by Crippen LogP contribution is 2.34. The van der Waals surface area contributed by atoms with Crippen LogP contribution in [0.15, 0.2) is 127 Å². The van der Waals surface area contributed by atoms with Gasteiger partial charge in [0.25, 0.3) is 0 Å². The van der Waals surface area contributed by atoms with Crippen molar-refractivity contribution in [1.29, 1.82) is 0 Å². The molecule has 7 rings (SSSR count). The lowest BCUT2D eigenvalue weighted by molar-refractivity contribution is 1.49. The molecule has 0 saturated heterocycles. The Kier molecular flexibility index (Phi) is 4.18. The lowest BCUT2D eigenvalue weighted by atomic mass is 9.97. The molecule has 1 heteroatoms. The number of fused-ring (bicyclic) bond motifs is 6. The second-order valence-electron chi connectivity index (χ2n) is 9.43. The molecule has 0 aromatic heterocycles. The molecule has 1 atom stereocenters. The van der Waals surface area contributed by atoms with Crippen LogP contribution in [0.3, 0.4) is 0 Å². The van der Waals surface area contributed by atoms with E-state index in [-0.39, 0.29) is 0 Å². The van der Waals surface area contributed by atoms with Crippen LogP contribution in [0.25, 0.3) is 32.7 Å². The number of hydrogen-bond donors (Lipinski definition) is 0. The molecule has 0 fully saturated rings. The van der Waals surface area contributed by atoms with Gasteiger partial charge in [-0.1, -0.05) is 127 Å². The van der Waals surface area contributed by atoms with Gasteiger partial charge >= 0.3 is 0 Å². The van der Waals surface area contributed by atoms with E-state index < -0.39 is 8.07 Å². The smallest absolute Gasteiger partial charge is 0.0623 e. The first-order chi connectivity index (χ1) is 16.8. The highest BCUT2D eigenvalue weighted by molar-refractivity contribution is 7.22. The maximum Gasteiger partial charge on any atom is 0.180 e. The third-order valence-corrected chi connectivity index (χ3v) is 12.5.